The highest BCUT2D eigenvalue weighted by molar-refractivity contribution is 14.2. The van der Waals surface area contributed by atoms with Gasteiger partial charge < -0.3 is 13.8 Å². The predicted molar refractivity (Wildman–Crippen MR) is 177 cm³/mol. The molecule has 194 valence electrons. The zero-order valence-electron chi connectivity index (χ0n) is 21.7. The fraction of sp³-hybridized carbons (Fsp3) is 0.367. The van der Waals surface area contributed by atoms with Crippen molar-refractivity contribution < 1.29 is 0 Å². The maximum Gasteiger partial charge on any atom is 0.0938 e. The molecule has 2 aromatic rings. The Hall–Kier alpha value is -1.85. The molecule has 1 aliphatic carbocycles. The summed E-state index contributed by atoms with van der Waals surface area (Å²) in [6.07, 6.45) is 9.62. The number of alkyl halides is 1. The minimum atomic E-state index is -0.0657. The standard InChI is InChI=1S/C30H35I2N5/c1-4-6-29(35-19-31-2)25-11-12-28(22-8-5-7-20(13-22)24-15-32-37(3)18-24)36-30(25)27(33)14-21-9-10-23-16-34-17-26(21)23/h4-8,11-13,15,18-19,21,23,26,33-34H,9-10,14,16-17H2,1-3H3/b6-4-,33-27?,35-29?. The van der Waals surface area contributed by atoms with Crippen LogP contribution in [0.4, 0.5) is 0 Å². The number of hydrogen-bond acceptors (Lipinski definition) is 5. The topological polar surface area (TPSA) is 64.4 Å². The zero-order valence-corrected chi connectivity index (χ0v) is 26.0. The molecule has 3 heterocycles. The van der Waals surface area contributed by atoms with Crippen molar-refractivity contribution in [3.8, 4) is 11.3 Å². The number of fused-ring (bicyclic) bond motifs is 1. The molecule has 0 spiro atoms. The maximum atomic E-state index is 9.27. The maximum absolute atomic E-state index is 9.27. The van der Waals surface area contributed by atoms with Gasteiger partial charge in [-0.15, -0.1) is 20.7 Å². The fourth-order valence-electron chi connectivity index (χ4n) is 5.77. The molecule has 1 aromatic heterocycles. The number of nitrogens with zero attached hydrogens (tertiary/aromatic N) is 3. The lowest BCUT2D eigenvalue weighted by Gasteiger charge is -2.19. The molecule has 1 saturated carbocycles. The van der Waals surface area contributed by atoms with E-state index >= 15 is 0 Å². The molecule has 2 fully saturated rings. The highest BCUT2D eigenvalue weighted by Gasteiger charge is 2.39. The number of rotatable bonds is 8. The number of hydrogen-bond donors (Lipinski definition) is 2. The van der Waals surface area contributed by atoms with Crippen molar-refractivity contribution >= 4 is 66.9 Å². The van der Waals surface area contributed by atoms with Crippen molar-refractivity contribution in [1.82, 2.24) is 13.4 Å². The SMILES string of the molecule is C/C=C\C(=NC=IC)c1ccc(-c2cccc(C3=CN(C)I=C3)c2)nc1C(=N)CC1CCC2CNCC21. The summed E-state index contributed by atoms with van der Waals surface area (Å²) < 4.78 is 6.73. The van der Waals surface area contributed by atoms with Crippen LogP contribution in [-0.4, -0.2) is 52.7 Å². The van der Waals surface area contributed by atoms with Gasteiger partial charge in [-0.1, -0.05) is 24.3 Å². The molecule has 1 saturated heterocycles. The van der Waals surface area contributed by atoms with Crippen LogP contribution in [0.5, 0.6) is 0 Å². The van der Waals surface area contributed by atoms with Crippen molar-refractivity contribution in [3.63, 3.8) is 0 Å². The lowest BCUT2D eigenvalue weighted by molar-refractivity contribution is 0.386. The van der Waals surface area contributed by atoms with E-state index in [9.17, 15) is 5.41 Å². The fourth-order valence-corrected chi connectivity index (χ4v) is 8.07. The van der Waals surface area contributed by atoms with Crippen LogP contribution < -0.4 is 5.32 Å². The Morgan fingerprint density at radius 1 is 1.24 bits per heavy atom. The molecular formula is C30H35I2N5. The minimum absolute atomic E-state index is 0.0518. The van der Waals surface area contributed by atoms with Crippen LogP contribution in [-0.2, 0) is 0 Å². The molecular weight excluding hydrogens is 684 g/mol. The monoisotopic (exact) mass is 719 g/mol. The van der Waals surface area contributed by atoms with Gasteiger partial charge in [-0.05, 0) is 117 Å². The first-order valence-corrected chi connectivity index (χ1v) is 18.5. The summed E-state index contributed by atoms with van der Waals surface area (Å²) >= 11 is -0.118. The Balaban J connectivity index is 1.53. The number of allylic oxidation sites excluding steroid dienone is 3. The molecule has 5 nitrogen and oxygen atoms in total. The van der Waals surface area contributed by atoms with Gasteiger partial charge in [0.15, 0.2) is 0 Å². The summed E-state index contributed by atoms with van der Waals surface area (Å²) in [4.78, 5) is 12.2. The van der Waals surface area contributed by atoms with Crippen molar-refractivity contribution in [2.45, 2.75) is 26.2 Å². The predicted octanol–water partition coefficient (Wildman–Crippen LogP) is 6.45. The minimum Gasteiger partial charge on any atom is -0.329 e. The van der Waals surface area contributed by atoms with Crippen LogP contribution in [0.1, 0.15) is 43.0 Å². The normalized spacial score (nSPS) is 23.9. The number of benzene rings is 1. The van der Waals surface area contributed by atoms with Gasteiger partial charge in [0.2, 0.25) is 0 Å². The third-order valence-corrected chi connectivity index (χ3v) is 10.5. The van der Waals surface area contributed by atoms with E-state index in [4.69, 9.17) is 9.98 Å². The zero-order chi connectivity index (χ0) is 25.8. The molecule has 0 radical (unpaired) electrons. The number of pyridine rings is 1. The van der Waals surface area contributed by atoms with E-state index in [2.05, 4.69) is 77.2 Å². The molecule has 1 aromatic carbocycles. The van der Waals surface area contributed by atoms with Crippen molar-refractivity contribution in [2.24, 2.45) is 22.7 Å². The molecule has 0 amide bonds. The summed E-state index contributed by atoms with van der Waals surface area (Å²) in [6, 6.07) is 12.9. The van der Waals surface area contributed by atoms with Gasteiger partial charge >= 0.3 is 0 Å². The van der Waals surface area contributed by atoms with Crippen LogP contribution >= 0.6 is 41.7 Å². The van der Waals surface area contributed by atoms with Gasteiger partial charge in [-0.3, -0.25) is 4.99 Å². The van der Waals surface area contributed by atoms with Crippen LogP contribution in [0.25, 0.3) is 16.8 Å². The first-order valence-electron chi connectivity index (χ1n) is 12.9. The Morgan fingerprint density at radius 2 is 2.11 bits per heavy atom. The Morgan fingerprint density at radius 3 is 2.89 bits per heavy atom. The van der Waals surface area contributed by atoms with Crippen molar-refractivity contribution in [1.29, 1.82) is 5.41 Å². The second-order valence-electron chi connectivity index (χ2n) is 9.92. The molecule has 37 heavy (non-hydrogen) atoms. The average molecular weight is 719 g/mol. The van der Waals surface area contributed by atoms with Gasteiger partial charge in [0.25, 0.3) is 0 Å². The van der Waals surface area contributed by atoms with Gasteiger partial charge in [-0.2, -0.15) is 0 Å². The van der Waals surface area contributed by atoms with Gasteiger partial charge in [0.1, 0.15) is 0 Å². The van der Waals surface area contributed by atoms with Crippen molar-refractivity contribution in [3.05, 3.63) is 71.6 Å². The summed E-state index contributed by atoms with van der Waals surface area (Å²) in [5.74, 6) is 2.04. The molecule has 7 heteroatoms. The number of aromatic nitrogens is 1. The quantitative estimate of drug-likeness (QED) is 0.143. The summed E-state index contributed by atoms with van der Waals surface area (Å²) in [5, 5.41) is 12.8. The molecule has 5 rings (SSSR count). The number of nitrogens with one attached hydrogen (secondary N) is 2. The van der Waals surface area contributed by atoms with E-state index in [0.29, 0.717) is 17.5 Å². The Bertz CT molecular complexity index is 1320. The van der Waals surface area contributed by atoms with E-state index in [0.717, 1.165) is 53.7 Å². The first kappa shape index (κ1) is 26.7. The van der Waals surface area contributed by atoms with Crippen LogP contribution in [0.3, 0.4) is 0 Å². The van der Waals surface area contributed by atoms with Crippen LogP contribution in [0, 0.1) is 23.2 Å². The van der Waals surface area contributed by atoms with E-state index in [-0.39, 0.29) is 41.7 Å². The van der Waals surface area contributed by atoms with Crippen LogP contribution in [0.2, 0.25) is 0 Å². The van der Waals surface area contributed by atoms with E-state index in [1.54, 1.807) is 0 Å². The summed E-state index contributed by atoms with van der Waals surface area (Å²) in [5.41, 5.74) is 7.84. The van der Waals surface area contributed by atoms with E-state index in [1.165, 1.54) is 24.0 Å². The highest BCUT2D eigenvalue weighted by Crippen LogP contribution is 2.41. The average Bonchev–Trinajstić information content (AvgIpc) is 3.65. The summed E-state index contributed by atoms with van der Waals surface area (Å²) in [7, 11) is 2.15. The molecule has 3 aliphatic rings. The Labute approximate surface area is 240 Å². The largest absolute Gasteiger partial charge is 0.329 e. The number of aliphatic imine (C=N–C) groups is 1. The molecule has 2 N–H and O–H groups in total. The lowest BCUT2D eigenvalue weighted by Crippen LogP contribution is -2.21. The second-order valence-corrected chi connectivity index (χ2v) is 14.4. The molecule has 2 aliphatic heterocycles. The molecule has 3 atom stereocenters. The van der Waals surface area contributed by atoms with Gasteiger partial charge in [0.05, 0.1) is 26.9 Å². The highest BCUT2D eigenvalue weighted by atomic mass is 127. The van der Waals surface area contributed by atoms with E-state index < -0.39 is 0 Å². The molecule has 3 unspecified atom stereocenters. The second kappa shape index (κ2) is 12.3. The Kier molecular flexibility index (Phi) is 8.92. The van der Waals surface area contributed by atoms with E-state index in [1.807, 2.05) is 13.0 Å². The van der Waals surface area contributed by atoms with Gasteiger partial charge in [0, 0.05) is 29.9 Å². The lowest BCUT2D eigenvalue weighted by atomic mass is 9.87. The third-order valence-electron chi connectivity index (χ3n) is 7.57. The third kappa shape index (κ3) is 6.09. The smallest absolute Gasteiger partial charge is 0.0938 e. The van der Waals surface area contributed by atoms with Crippen molar-refractivity contribution in [2.75, 3.05) is 25.1 Å². The number of halogens is 2. The first-order chi connectivity index (χ1) is 18.1. The van der Waals surface area contributed by atoms with Crippen LogP contribution in [0.15, 0.2) is 59.7 Å². The summed E-state index contributed by atoms with van der Waals surface area (Å²) in [6.45, 7) is 4.26. The van der Waals surface area contributed by atoms with Gasteiger partial charge in [-0.25, -0.2) is 4.98 Å². The molecule has 0 bridgehead atoms.